The Morgan fingerprint density at radius 3 is 2.54 bits per heavy atom. The molecule has 0 spiro atoms. The number of hydrogen-bond acceptors (Lipinski definition) is 2. The van der Waals surface area contributed by atoms with Crippen LogP contribution >= 0.6 is 15.9 Å². The molecule has 0 atom stereocenters. The number of hydrogen-bond donors (Lipinski definition) is 1. The molecule has 2 aromatic rings. The fourth-order valence-corrected chi connectivity index (χ4v) is 3.53. The van der Waals surface area contributed by atoms with E-state index < -0.39 is 0 Å². The predicted molar refractivity (Wildman–Crippen MR) is 98.1 cm³/mol. The van der Waals surface area contributed by atoms with Crippen LogP contribution in [0, 0.1) is 12.7 Å². The van der Waals surface area contributed by atoms with Crippen LogP contribution in [0.1, 0.15) is 5.56 Å². The van der Waals surface area contributed by atoms with Crippen molar-refractivity contribution in [2.75, 3.05) is 36.4 Å². The molecule has 4 nitrogen and oxygen atoms in total. The van der Waals surface area contributed by atoms with E-state index in [4.69, 9.17) is 0 Å². The molecule has 1 fully saturated rings. The summed E-state index contributed by atoms with van der Waals surface area (Å²) < 4.78 is 14.3. The van der Waals surface area contributed by atoms with Gasteiger partial charge in [0.05, 0.1) is 5.69 Å². The maximum atomic E-state index is 13.2. The normalized spacial score (nSPS) is 14.6. The van der Waals surface area contributed by atoms with Gasteiger partial charge >= 0.3 is 6.03 Å². The number of urea groups is 1. The van der Waals surface area contributed by atoms with E-state index in [-0.39, 0.29) is 11.8 Å². The lowest BCUT2D eigenvalue weighted by atomic mass is 10.2. The molecule has 1 aliphatic rings. The summed E-state index contributed by atoms with van der Waals surface area (Å²) in [6.45, 7) is 4.84. The summed E-state index contributed by atoms with van der Waals surface area (Å²) in [5.74, 6) is -0.359. The van der Waals surface area contributed by atoms with Crippen LogP contribution in [0.3, 0.4) is 0 Å². The molecule has 0 aliphatic carbocycles. The van der Waals surface area contributed by atoms with Crippen LogP contribution < -0.4 is 10.2 Å². The van der Waals surface area contributed by atoms with Crippen LogP contribution in [0.5, 0.6) is 0 Å². The van der Waals surface area contributed by atoms with Crippen LogP contribution in [-0.4, -0.2) is 37.1 Å². The minimum absolute atomic E-state index is 0.191. The molecule has 2 aromatic carbocycles. The lowest BCUT2D eigenvalue weighted by Crippen LogP contribution is -2.50. The second kappa shape index (κ2) is 7.21. The third-order valence-corrected chi connectivity index (χ3v) is 4.72. The average Bonchev–Trinajstić information content (AvgIpc) is 2.55. The van der Waals surface area contributed by atoms with E-state index in [9.17, 15) is 9.18 Å². The number of halogens is 2. The summed E-state index contributed by atoms with van der Waals surface area (Å²) in [6, 6.07) is 12.0. The smallest absolute Gasteiger partial charge is 0.321 e. The lowest BCUT2D eigenvalue weighted by molar-refractivity contribution is 0.208. The summed E-state index contributed by atoms with van der Waals surface area (Å²) in [5.41, 5.74) is 2.83. The van der Waals surface area contributed by atoms with Crippen molar-refractivity contribution < 1.29 is 9.18 Å². The van der Waals surface area contributed by atoms with Crippen LogP contribution in [0.2, 0.25) is 0 Å². The lowest BCUT2D eigenvalue weighted by Gasteiger charge is -2.36. The van der Waals surface area contributed by atoms with Gasteiger partial charge in [-0.2, -0.15) is 0 Å². The van der Waals surface area contributed by atoms with Gasteiger partial charge in [-0.15, -0.1) is 0 Å². The van der Waals surface area contributed by atoms with Gasteiger partial charge in [-0.05, 0) is 58.7 Å². The number of carbonyl (C=O) groups excluding carboxylic acids is 1. The van der Waals surface area contributed by atoms with Gasteiger partial charge in [-0.25, -0.2) is 9.18 Å². The van der Waals surface area contributed by atoms with Crippen molar-refractivity contribution in [1.82, 2.24) is 4.90 Å². The third kappa shape index (κ3) is 3.87. The number of nitrogens with zero attached hydrogens (tertiary/aromatic N) is 2. The minimum atomic E-state index is -0.359. The first-order valence-electron chi connectivity index (χ1n) is 7.85. The van der Waals surface area contributed by atoms with E-state index in [0.717, 1.165) is 23.2 Å². The van der Waals surface area contributed by atoms with Crippen LogP contribution in [0.4, 0.5) is 20.6 Å². The molecule has 1 N–H and O–H groups in total. The zero-order valence-electron chi connectivity index (χ0n) is 13.4. The number of carbonyl (C=O) groups is 1. The van der Waals surface area contributed by atoms with Crippen molar-refractivity contribution in [1.29, 1.82) is 0 Å². The first-order chi connectivity index (χ1) is 11.5. The second-order valence-corrected chi connectivity index (χ2v) is 6.72. The summed E-state index contributed by atoms with van der Waals surface area (Å²) in [5, 5.41) is 2.75. The largest absolute Gasteiger partial charge is 0.367 e. The monoisotopic (exact) mass is 391 g/mol. The molecular weight excluding hydrogens is 373 g/mol. The Morgan fingerprint density at radius 2 is 1.88 bits per heavy atom. The molecule has 0 saturated carbocycles. The topological polar surface area (TPSA) is 35.6 Å². The number of nitrogens with one attached hydrogen (secondary N) is 1. The summed E-state index contributed by atoms with van der Waals surface area (Å²) in [6.07, 6.45) is 0. The Labute approximate surface area is 149 Å². The molecule has 1 saturated heterocycles. The van der Waals surface area contributed by atoms with E-state index in [1.165, 1.54) is 17.7 Å². The Bertz CT molecular complexity index is 745. The third-order valence-electron chi connectivity index (χ3n) is 4.09. The number of rotatable bonds is 2. The highest BCUT2D eigenvalue weighted by atomic mass is 79.9. The zero-order chi connectivity index (χ0) is 17.1. The maximum absolute atomic E-state index is 13.2. The first-order valence-corrected chi connectivity index (χ1v) is 8.65. The first kappa shape index (κ1) is 16.8. The molecule has 6 heteroatoms. The molecule has 2 amide bonds. The Balaban J connectivity index is 1.59. The van der Waals surface area contributed by atoms with Gasteiger partial charge in [-0.3, -0.25) is 0 Å². The number of aryl methyl sites for hydroxylation is 1. The van der Waals surface area contributed by atoms with Gasteiger partial charge in [0.15, 0.2) is 0 Å². The number of anilines is 2. The average molecular weight is 392 g/mol. The molecule has 0 radical (unpaired) electrons. The van der Waals surface area contributed by atoms with E-state index in [1.54, 1.807) is 17.0 Å². The minimum Gasteiger partial charge on any atom is -0.367 e. The van der Waals surface area contributed by atoms with Crippen molar-refractivity contribution >= 4 is 33.3 Å². The van der Waals surface area contributed by atoms with Crippen molar-refractivity contribution in [3.8, 4) is 0 Å². The van der Waals surface area contributed by atoms with Gasteiger partial charge in [0, 0.05) is 36.3 Å². The quantitative estimate of drug-likeness (QED) is 0.830. The van der Waals surface area contributed by atoms with Crippen LogP contribution in [0.15, 0.2) is 46.9 Å². The van der Waals surface area contributed by atoms with Gasteiger partial charge < -0.3 is 15.1 Å². The van der Waals surface area contributed by atoms with Crippen molar-refractivity contribution in [3.05, 3.63) is 58.3 Å². The molecule has 3 rings (SSSR count). The van der Waals surface area contributed by atoms with E-state index >= 15 is 0 Å². The standard InChI is InChI=1S/C18H19BrFN3O/c1-13-5-6-17(16(19)11-13)22-7-9-23(10-8-22)18(24)21-15-4-2-3-14(20)12-15/h2-6,11-12H,7-10H2,1H3,(H,21,24). The summed E-state index contributed by atoms with van der Waals surface area (Å²) in [7, 11) is 0. The summed E-state index contributed by atoms with van der Waals surface area (Å²) in [4.78, 5) is 16.3. The van der Waals surface area contributed by atoms with Gasteiger partial charge in [0.25, 0.3) is 0 Å². The van der Waals surface area contributed by atoms with Crippen LogP contribution in [-0.2, 0) is 0 Å². The number of amides is 2. The van der Waals surface area contributed by atoms with Gasteiger partial charge in [-0.1, -0.05) is 12.1 Å². The highest BCUT2D eigenvalue weighted by Gasteiger charge is 2.22. The van der Waals surface area contributed by atoms with Crippen molar-refractivity contribution in [2.24, 2.45) is 0 Å². The Morgan fingerprint density at radius 1 is 1.12 bits per heavy atom. The molecule has 0 aromatic heterocycles. The predicted octanol–water partition coefficient (Wildman–Crippen LogP) is 4.25. The van der Waals surface area contributed by atoms with Crippen LogP contribution in [0.25, 0.3) is 0 Å². The van der Waals surface area contributed by atoms with E-state index in [0.29, 0.717) is 18.8 Å². The molecule has 1 heterocycles. The molecular formula is C18H19BrFN3O. The molecule has 0 unspecified atom stereocenters. The fraction of sp³-hybridized carbons (Fsp3) is 0.278. The SMILES string of the molecule is Cc1ccc(N2CCN(C(=O)Nc3cccc(F)c3)CC2)c(Br)c1. The van der Waals surface area contributed by atoms with Crippen molar-refractivity contribution in [2.45, 2.75) is 6.92 Å². The second-order valence-electron chi connectivity index (χ2n) is 5.87. The number of piperazine rings is 1. The maximum Gasteiger partial charge on any atom is 0.321 e. The molecule has 24 heavy (non-hydrogen) atoms. The molecule has 0 bridgehead atoms. The van der Waals surface area contributed by atoms with E-state index in [1.807, 2.05) is 0 Å². The van der Waals surface area contributed by atoms with Gasteiger partial charge in [0.2, 0.25) is 0 Å². The highest BCUT2D eigenvalue weighted by molar-refractivity contribution is 9.10. The summed E-state index contributed by atoms with van der Waals surface area (Å²) >= 11 is 3.61. The molecule has 1 aliphatic heterocycles. The van der Waals surface area contributed by atoms with E-state index in [2.05, 4.69) is 51.3 Å². The highest BCUT2D eigenvalue weighted by Crippen LogP contribution is 2.28. The number of benzene rings is 2. The van der Waals surface area contributed by atoms with Crippen molar-refractivity contribution in [3.63, 3.8) is 0 Å². The fourth-order valence-electron chi connectivity index (χ4n) is 2.79. The molecule has 126 valence electrons. The Kier molecular flexibility index (Phi) is 5.04. The van der Waals surface area contributed by atoms with Gasteiger partial charge in [0.1, 0.15) is 5.82 Å². The Hall–Kier alpha value is -2.08. The zero-order valence-corrected chi connectivity index (χ0v) is 15.0.